The first-order valence-corrected chi connectivity index (χ1v) is 5.39. The molecular formula is C14H18O2. The minimum Gasteiger partial charge on any atom is -0.508 e. The average molecular weight is 218 g/mol. The van der Waals surface area contributed by atoms with E-state index in [9.17, 15) is 9.90 Å². The molecule has 0 radical (unpaired) electrons. The molecule has 0 aliphatic rings. The van der Waals surface area contributed by atoms with Gasteiger partial charge >= 0.3 is 0 Å². The van der Waals surface area contributed by atoms with E-state index in [4.69, 9.17) is 0 Å². The fourth-order valence-electron chi connectivity index (χ4n) is 1.52. The third-order valence-corrected chi connectivity index (χ3v) is 2.37. The first-order valence-electron chi connectivity index (χ1n) is 5.39. The number of aromatic hydroxyl groups is 1. The second-order valence-corrected chi connectivity index (χ2v) is 4.83. The topological polar surface area (TPSA) is 37.3 Å². The Labute approximate surface area is 96.6 Å². The van der Waals surface area contributed by atoms with E-state index in [0.29, 0.717) is 12.2 Å². The molecule has 0 spiro atoms. The van der Waals surface area contributed by atoms with Gasteiger partial charge in [-0.1, -0.05) is 39.0 Å². The molecule has 0 aliphatic carbocycles. The Bertz CT molecular complexity index is 398. The SMILES string of the molecule is CC(C)(C)c1cc(C=CCC=O)ccc1O. The van der Waals surface area contributed by atoms with Gasteiger partial charge in [-0.15, -0.1) is 0 Å². The van der Waals surface area contributed by atoms with Gasteiger partial charge in [-0.3, -0.25) is 0 Å². The first kappa shape index (κ1) is 12.5. The van der Waals surface area contributed by atoms with Gasteiger partial charge in [-0.25, -0.2) is 0 Å². The fraction of sp³-hybridized carbons (Fsp3) is 0.357. The van der Waals surface area contributed by atoms with E-state index in [-0.39, 0.29) is 5.41 Å². The first-order chi connectivity index (χ1) is 7.45. The number of aldehydes is 1. The number of allylic oxidation sites excluding steroid dienone is 1. The Hall–Kier alpha value is -1.57. The fourth-order valence-corrected chi connectivity index (χ4v) is 1.52. The monoisotopic (exact) mass is 218 g/mol. The summed E-state index contributed by atoms with van der Waals surface area (Å²) in [5, 5.41) is 9.76. The van der Waals surface area contributed by atoms with Gasteiger partial charge in [0.05, 0.1) is 0 Å². The van der Waals surface area contributed by atoms with Crippen molar-refractivity contribution in [3.05, 3.63) is 35.4 Å². The lowest BCUT2D eigenvalue weighted by Gasteiger charge is -2.20. The van der Waals surface area contributed by atoms with Crippen molar-refractivity contribution >= 4 is 12.4 Å². The molecule has 2 nitrogen and oxygen atoms in total. The van der Waals surface area contributed by atoms with Gasteiger partial charge in [-0.2, -0.15) is 0 Å². The predicted octanol–water partition coefficient (Wildman–Crippen LogP) is 3.29. The van der Waals surface area contributed by atoms with Crippen molar-refractivity contribution in [2.45, 2.75) is 32.6 Å². The van der Waals surface area contributed by atoms with E-state index >= 15 is 0 Å². The zero-order chi connectivity index (χ0) is 12.2. The van der Waals surface area contributed by atoms with Crippen LogP contribution in [-0.2, 0) is 10.2 Å². The molecule has 0 saturated heterocycles. The molecule has 0 unspecified atom stereocenters. The summed E-state index contributed by atoms with van der Waals surface area (Å²) in [6.07, 6.45) is 4.99. The predicted molar refractivity (Wildman–Crippen MR) is 66.5 cm³/mol. The highest BCUT2D eigenvalue weighted by atomic mass is 16.3. The van der Waals surface area contributed by atoms with Crippen LogP contribution in [0.3, 0.4) is 0 Å². The largest absolute Gasteiger partial charge is 0.508 e. The van der Waals surface area contributed by atoms with Crippen LogP contribution in [0.5, 0.6) is 5.75 Å². The van der Waals surface area contributed by atoms with Crippen molar-refractivity contribution < 1.29 is 9.90 Å². The van der Waals surface area contributed by atoms with Crippen LogP contribution in [0.25, 0.3) is 6.08 Å². The van der Waals surface area contributed by atoms with Gasteiger partial charge in [0.15, 0.2) is 0 Å². The zero-order valence-electron chi connectivity index (χ0n) is 10.0. The number of hydrogen-bond acceptors (Lipinski definition) is 2. The van der Waals surface area contributed by atoms with Crippen molar-refractivity contribution in [1.29, 1.82) is 0 Å². The van der Waals surface area contributed by atoms with Crippen LogP contribution in [0.1, 0.15) is 38.3 Å². The molecule has 16 heavy (non-hydrogen) atoms. The minimum absolute atomic E-state index is 0.0847. The highest BCUT2D eigenvalue weighted by molar-refractivity contribution is 5.59. The summed E-state index contributed by atoms with van der Waals surface area (Å²) in [5.41, 5.74) is 1.84. The lowest BCUT2D eigenvalue weighted by molar-refractivity contribution is -0.107. The van der Waals surface area contributed by atoms with Gasteiger partial charge in [0.2, 0.25) is 0 Å². The third-order valence-electron chi connectivity index (χ3n) is 2.37. The van der Waals surface area contributed by atoms with Crippen LogP contribution >= 0.6 is 0 Å². The molecule has 0 aromatic heterocycles. The standard InChI is InChI=1S/C14H18O2/c1-14(2,3)12-10-11(6-4-5-9-15)7-8-13(12)16/h4,6-10,16H,5H2,1-3H3. The summed E-state index contributed by atoms with van der Waals surface area (Å²) < 4.78 is 0. The van der Waals surface area contributed by atoms with Gasteiger partial charge in [0.25, 0.3) is 0 Å². The molecule has 1 N–H and O–H groups in total. The van der Waals surface area contributed by atoms with E-state index in [2.05, 4.69) is 20.8 Å². The Kier molecular flexibility index (Phi) is 3.88. The van der Waals surface area contributed by atoms with Crippen molar-refractivity contribution in [3.8, 4) is 5.75 Å². The Morgan fingerprint density at radius 3 is 2.56 bits per heavy atom. The third kappa shape index (κ3) is 3.23. The van der Waals surface area contributed by atoms with Crippen molar-refractivity contribution in [2.75, 3.05) is 0 Å². The van der Waals surface area contributed by atoms with E-state index in [1.807, 2.05) is 24.3 Å². The van der Waals surface area contributed by atoms with Gasteiger partial charge in [0, 0.05) is 6.42 Å². The highest BCUT2D eigenvalue weighted by Gasteiger charge is 2.17. The lowest BCUT2D eigenvalue weighted by Crippen LogP contribution is -2.11. The van der Waals surface area contributed by atoms with Crippen LogP contribution in [0, 0.1) is 0 Å². The van der Waals surface area contributed by atoms with Gasteiger partial charge < -0.3 is 9.90 Å². The summed E-state index contributed by atoms with van der Waals surface area (Å²) in [5.74, 6) is 0.319. The number of benzene rings is 1. The Balaban J connectivity index is 3.03. The van der Waals surface area contributed by atoms with Crippen LogP contribution < -0.4 is 0 Å². The molecule has 86 valence electrons. The molecule has 1 aromatic carbocycles. The molecule has 1 rings (SSSR count). The number of hydrogen-bond donors (Lipinski definition) is 1. The second kappa shape index (κ2) is 4.97. The molecule has 0 atom stereocenters. The molecule has 1 aromatic rings. The summed E-state index contributed by atoms with van der Waals surface area (Å²) in [6, 6.07) is 5.49. The van der Waals surface area contributed by atoms with Crippen molar-refractivity contribution in [1.82, 2.24) is 0 Å². The number of rotatable bonds is 3. The zero-order valence-corrected chi connectivity index (χ0v) is 10.0. The number of phenols is 1. The molecule has 0 amide bonds. The highest BCUT2D eigenvalue weighted by Crippen LogP contribution is 2.31. The summed E-state index contributed by atoms with van der Waals surface area (Å²) in [6.45, 7) is 6.17. The number of carbonyl (C=O) groups is 1. The average Bonchev–Trinajstić information content (AvgIpc) is 2.19. The molecule has 0 fully saturated rings. The van der Waals surface area contributed by atoms with E-state index in [1.165, 1.54) is 0 Å². The van der Waals surface area contributed by atoms with Crippen molar-refractivity contribution in [2.24, 2.45) is 0 Å². The molecule has 0 saturated carbocycles. The maximum atomic E-state index is 10.2. The van der Waals surface area contributed by atoms with Crippen LogP contribution in [0.15, 0.2) is 24.3 Å². The molecule has 0 bridgehead atoms. The molecule has 2 heteroatoms. The quantitative estimate of drug-likeness (QED) is 0.790. The number of carbonyl (C=O) groups excluding carboxylic acids is 1. The van der Waals surface area contributed by atoms with E-state index in [1.54, 1.807) is 6.07 Å². The maximum Gasteiger partial charge on any atom is 0.123 e. The lowest BCUT2D eigenvalue weighted by atomic mass is 9.85. The van der Waals surface area contributed by atoms with E-state index < -0.39 is 0 Å². The van der Waals surface area contributed by atoms with Crippen LogP contribution in [0.4, 0.5) is 0 Å². The summed E-state index contributed by atoms with van der Waals surface area (Å²) >= 11 is 0. The smallest absolute Gasteiger partial charge is 0.123 e. The summed E-state index contributed by atoms with van der Waals surface area (Å²) in [7, 11) is 0. The normalized spacial score (nSPS) is 11.9. The van der Waals surface area contributed by atoms with Crippen LogP contribution in [-0.4, -0.2) is 11.4 Å². The van der Waals surface area contributed by atoms with Gasteiger partial charge in [-0.05, 0) is 28.7 Å². The summed E-state index contributed by atoms with van der Waals surface area (Å²) in [4.78, 5) is 10.2. The minimum atomic E-state index is -0.0847. The van der Waals surface area contributed by atoms with Crippen LogP contribution in [0.2, 0.25) is 0 Å². The molecule has 0 heterocycles. The maximum absolute atomic E-state index is 10.2. The molecular weight excluding hydrogens is 200 g/mol. The number of phenolic OH excluding ortho intramolecular Hbond substituents is 1. The van der Waals surface area contributed by atoms with Gasteiger partial charge in [0.1, 0.15) is 12.0 Å². The Morgan fingerprint density at radius 1 is 1.31 bits per heavy atom. The Morgan fingerprint density at radius 2 is 2.00 bits per heavy atom. The molecule has 0 aliphatic heterocycles. The van der Waals surface area contributed by atoms with E-state index in [0.717, 1.165) is 17.4 Å². The van der Waals surface area contributed by atoms with Crippen molar-refractivity contribution in [3.63, 3.8) is 0 Å². The second-order valence-electron chi connectivity index (χ2n) is 4.83.